The number of piperidine rings is 1. The van der Waals surface area contributed by atoms with Gasteiger partial charge in [-0.25, -0.2) is 4.79 Å². The molecule has 0 bridgehead atoms. The van der Waals surface area contributed by atoms with Gasteiger partial charge in [0.2, 0.25) is 5.91 Å². The van der Waals surface area contributed by atoms with E-state index >= 15 is 0 Å². The number of hydrogen-bond acceptors (Lipinski definition) is 5. The molecule has 8 heteroatoms. The summed E-state index contributed by atoms with van der Waals surface area (Å²) in [6.45, 7) is 2.08. The molecular weight excluding hydrogens is 338 g/mol. The van der Waals surface area contributed by atoms with Crippen LogP contribution in [0, 0.1) is 0 Å². The van der Waals surface area contributed by atoms with E-state index in [9.17, 15) is 14.7 Å². The molecule has 0 atom stereocenters. The Balaban J connectivity index is 1.67. The van der Waals surface area contributed by atoms with Crippen LogP contribution in [-0.2, 0) is 4.79 Å². The predicted molar refractivity (Wildman–Crippen MR) is 95.7 cm³/mol. The fraction of sp³-hybridized carbons (Fsp3) is 0.556. The summed E-state index contributed by atoms with van der Waals surface area (Å²) in [7, 11) is 3.12. The number of hydrogen-bond donors (Lipinski definition) is 1. The zero-order chi connectivity index (χ0) is 18.7. The molecule has 2 aliphatic heterocycles. The number of rotatable bonds is 5. The number of aliphatic hydroxyl groups excluding tert-OH is 1. The fourth-order valence-electron chi connectivity index (χ4n) is 3.34. The highest BCUT2D eigenvalue weighted by molar-refractivity contribution is 5.97. The van der Waals surface area contributed by atoms with Gasteiger partial charge in [-0.2, -0.15) is 0 Å². The molecule has 0 spiro atoms. The van der Waals surface area contributed by atoms with Gasteiger partial charge < -0.3 is 24.4 Å². The zero-order valence-corrected chi connectivity index (χ0v) is 15.2. The fourth-order valence-corrected chi connectivity index (χ4v) is 3.34. The van der Waals surface area contributed by atoms with Crippen molar-refractivity contribution in [3.05, 3.63) is 18.2 Å². The second-order valence-corrected chi connectivity index (χ2v) is 6.51. The topological polar surface area (TPSA) is 82.6 Å². The van der Waals surface area contributed by atoms with Gasteiger partial charge in [-0.05, 0) is 25.0 Å². The normalized spacial score (nSPS) is 18.4. The second-order valence-electron chi connectivity index (χ2n) is 6.51. The van der Waals surface area contributed by atoms with Crippen LogP contribution in [0.1, 0.15) is 12.8 Å². The van der Waals surface area contributed by atoms with E-state index in [0.717, 1.165) is 0 Å². The molecule has 8 nitrogen and oxygen atoms in total. The van der Waals surface area contributed by atoms with Gasteiger partial charge in [-0.15, -0.1) is 0 Å². The SMILES string of the molecule is COc1ccc(OC)c(N2CCN(CC(=O)N3CCC(O)CC3)C2=O)c1. The minimum atomic E-state index is -0.330. The zero-order valence-electron chi connectivity index (χ0n) is 15.2. The lowest BCUT2D eigenvalue weighted by molar-refractivity contribution is -0.133. The molecule has 3 rings (SSSR count). The minimum Gasteiger partial charge on any atom is -0.497 e. The van der Waals surface area contributed by atoms with E-state index in [2.05, 4.69) is 0 Å². The Labute approximate surface area is 152 Å². The van der Waals surface area contributed by atoms with Crippen molar-refractivity contribution in [2.45, 2.75) is 18.9 Å². The molecule has 0 aromatic heterocycles. The van der Waals surface area contributed by atoms with E-state index in [-0.39, 0.29) is 24.6 Å². The smallest absolute Gasteiger partial charge is 0.325 e. The molecule has 2 saturated heterocycles. The standard InChI is InChI=1S/C18H25N3O5/c1-25-14-3-4-16(26-2)15(11-14)21-10-9-20(18(21)24)12-17(23)19-7-5-13(22)6-8-19/h3-4,11,13,22H,5-10,12H2,1-2H3. The van der Waals surface area contributed by atoms with Crippen molar-refractivity contribution >= 4 is 17.6 Å². The third-order valence-electron chi connectivity index (χ3n) is 4.92. The molecule has 142 valence electrons. The Hall–Kier alpha value is -2.48. The summed E-state index contributed by atoms with van der Waals surface area (Å²) >= 11 is 0. The van der Waals surface area contributed by atoms with Crippen LogP contribution in [0.5, 0.6) is 11.5 Å². The van der Waals surface area contributed by atoms with Gasteiger partial charge in [0.05, 0.1) is 26.0 Å². The Morgan fingerprint density at radius 3 is 2.54 bits per heavy atom. The number of anilines is 1. The number of aliphatic hydroxyl groups is 1. The number of benzene rings is 1. The highest BCUT2D eigenvalue weighted by Gasteiger charge is 2.34. The number of ether oxygens (including phenoxy) is 2. The van der Waals surface area contributed by atoms with Crippen molar-refractivity contribution in [2.75, 3.05) is 51.8 Å². The molecule has 3 amide bonds. The van der Waals surface area contributed by atoms with Crippen LogP contribution in [0.3, 0.4) is 0 Å². The molecule has 26 heavy (non-hydrogen) atoms. The molecule has 0 aliphatic carbocycles. The van der Waals surface area contributed by atoms with E-state index in [1.807, 2.05) is 0 Å². The molecule has 2 heterocycles. The number of urea groups is 1. The van der Waals surface area contributed by atoms with Crippen LogP contribution in [-0.4, -0.2) is 79.9 Å². The summed E-state index contributed by atoms with van der Waals surface area (Å²) in [6.07, 6.45) is 0.850. The number of likely N-dealkylation sites (tertiary alicyclic amines) is 1. The van der Waals surface area contributed by atoms with Crippen molar-refractivity contribution in [2.24, 2.45) is 0 Å². The maximum absolute atomic E-state index is 12.8. The Morgan fingerprint density at radius 2 is 1.88 bits per heavy atom. The molecule has 1 aromatic carbocycles. The lowest BCUT2D eigenvalue weighted by atomic mass is 10.1. The minimum absolute atomic E-state index is 0.0533. The first kappa shape index (κ1) is 18.3. The van der Waals surface area contributed by atoms with E-state index in [0.29, 0.717) is 56.2 Å². The number of nitrogens with zero attached hydrogens (tertiary/aromatic N) is 3. The van der Waals surface area contributed by atoms with Crippen LogP contribution in [0.25, 0.3) is 0 Å². The first-order valence-electron chi connectivity index (χ1n) is 8.77. The van der Waals surface area contributed by atoms with Crippen LogP contribution in [0.15, 0.2) is 18.2 Å². The Bertz CT molecular complexity index is 673. The molecule has 1 N–H and O–H groups in total. The average molecular weight is 363 g/mol. The first-order chi connectivity index (χ1) is 12.5. The van der Waals surface area contributed by atoms with Crippen molar-refractivity contribution < 1.29 is 24.2 Å². The van der Waals surface area contributed by atoms with Gasteiger partial charge in [-0.3, -0.25) is 9.69 Å². The van der Waals surface area contributed by atoms with Crippen molar-refractivity contribution in [1.82, 2.24) is 9.80 Å². The molecule has 0 saturated carbocycles. The van der Waals surface area contributed by atoms with E-state index in [4.69, 9.17) is 9.47 Å². The number of carbonyl (C=O) groups excluding carboxylic acids is 2. The van der Waals surface area contributed by atoms with E-state index < -0.39 is 0 Å². The van der Waals surface area contributed by atoms with Gasteiger partial charge in [0.1, 0.15) is 18.0 Å². The third-order valence-corrected chi connectivity index (χ3v) is 4.92. The van der Waals surface area contributed by atoms with Crippen LogP contribution in [0.2, 0.25) is 0 Å². The summed E-state index contributed by atoms with van der Waals surface area (Å²) in [5.41, 5.74) is 0.632. The lowest BCUT2D eigenvalue weighted by Gasteiger charge is -2.31. The molecule has 2 fully saturated rings. The van der Waals surface area contributed by atoms with Gasteiger partial charge in [0.15, 0.2) is 0 Å². The van der Waals surface area contributed by atoms with E-state index in [1.165, 1.54) is 0 Å². The van der Waals surface area contributed by atoms with Gasteiger partial charge >= 0.3 is 6.03 Å². The quantitative estimate of drug-likeness (QED) is 0.842. The monoisotopic (exact) mass is 363 g/mol. The van der Waals surface area contributed by atoms with Crippen LogP contribution >= 0.6 is 0 Å². The van der Waals surface area contributed by atoms with Crippen molar-refractivity contribution in [3.8, 4) is 11.5 Å². The van der Waals surface area contributed by atoms with Crippen molar-refractivity contribution in [1.29, 1.82) is 0 Å². The predicted octanol–water partition coefficient (Wildman–Crippen LogP) is 0.929. The highest BCUT2D eigenvalue weighted by Crippen LogP contribution is 2.34. The van der Waals surface area contributed by atoms with Crippen LogP contribution < -0.4 is 14.4 Å². The summed E-state index contributed by atoms with van der Waals surface area (Å²) in [6, 6.07) is 5.07. The summed E-state index contributed by atoms with van der Waals surface area (Å²) in [5, 5.41) is 9.56. The summed E-state index contributed by atoms with van der Waals surface area (Å²) in [5.74, 6) is 1.14. The number of amides is 3. The maximum Gasteiger partial charge on any atom is 0.325 e. The highest BCUT2D eigenvalue weighted by atomic mass is 16.5. The third kappa shape index (κ3) is 3.70. The van der Waals surface area contributed by atoms with Gasteiger partial charge in [0.25, 0.3) is 0 Å². The maximum atomic E-state index is 12.8. The molecular formula is C18H25N3O5. The number of carbonyl (C=O) groups is 2. The first-order valence-corrected chi connectivity index (χ1v) is 8.77. The van der Waals surface area contributed by atoms with E-state index in [1.54, 1.807) is 47.1 Å². The van der Waals surface area contributed by atoms with Crippen LogP contribution in [0.4, 0.5) is 10.5 Å². The largest absolute Gasteiger partial charge is 0.497 e. The van der Waals surface area contributed by atoms with Gasteiger partial charge in [0, 0.05) is 32.2 Å². The van der Waals surface area contributed by atoms with Crippen molar-refractivity contribution in [3.63, 3.8) is 0 Å². The Morgan fingerprint density at radius 1 is 1.15 bits per heavy atom. The summed E-state index contributed by atoms with van der Waals surface area (Å²) in [4.78, 5) is 30.1. The molecule has 2 aliphatic rings. The molecule has 0 unspecified atom stereocenters. The lowest BCUT2D eigenvalue weighted by Crippen LogP contribution is -2.46. The number of methoxy groups -OCH3 is 2. The average Bonchev–Trinajstić information content (AvgIpc) is 3.02. The second kappa shape index (κ2) is 7.82. The Kier molecular flexibility index (Phi) is 5.51. The van der Waals surface area contributed by atoms with Gasteiger partial charge in [-0.1, -0.05) is 0 Å². The summed E-state index contributed by atoms with van der Waals surface area (Å²) < 4.78 is 10.6. The molecule has 1 aromatic rings. The molecule has 0 radical (unpaired) electrons.